The maximum atomic E-state index is 12.0. The molecule has 0 saturated heterocycles. The Hall–Kier alpha value is -2.44. The summed E-state index contributed by atoms with van der Waals surface area (Å²) in [5.74, 6) is -1.31. The van der Waals surface area contributed by atoms with Crippen LogP contribution in [-0.2, 0) is 4.79 Å². The van der Waals surface area contributed by atoms with Gasteiger partial charge in [-0.3, -0.25) is 9.59 Å². The number of nitrogens with zero attached hydrogens (tertiary/aromatic N) is 2. The Bertz CT molecular complexity index is 650. The van der Waals surface area contributed by atoms with E-state index >= 15 is 0 Å². The third-order valence-electron chi connectivity index (χ3n) is 2.91. The number of carboxylic acid groups (broad SMARTS) is 1. The molecule has 7 heteroatoms. The van der Waals surface area contributed by atoms with Crippen LogP contribution in [0.1, 0.15) is 29.4 Å². The van der Waals surface area contributed by atoms with E-state index < -0.39 is 5.97 Å². The number of rotatable bonds is 5. The molecule has 0 bridgehead atoms. The molecule has 0 aliphatic heterocycles. The van der Waals surface area contributed by atoms with Gasteiger partial charge in [-0.25, -0.2) is 4.98 Å². The van der Waals surface area contributed by atoms with Crippen LogP contribution in [-0.4, -0.2) is 33.7 Å². The molecule has 2 N–H and O–H groups in total. The zero-order valence-electron chi connectivity index (χ0n) is 11.2. The molecule has 1 atom stereocenters. The highest BCUT2D eigenvalue weighted by Crippen LogP contribution is 2.16. The van der Waals surface area contributed by atoms with Crippen molar-refractivity contribution in [2.24, 2.45) is 5.92 Å². The molecule has 0 aliphatic carbocycles. The molecule has 106 valence electrons. The summed E-state index contributed by atoms with van der Waals surface area (Å²) in [6.45, 7) is 3.83. The first-order valence-electron chi connectivity index (χ1n) is 6.19. The molecule has 0 aliphatic rings. The molecule has 7 nitrogen and oxygen atoms in total. The standard InChI is InChI=1S/C13H15N3O4/c1-7(3-11(17)18)5-14-12(19)9-4-10-8(2)16-20-13(10)15-6-9/h4,6-7H,3,5H2,1-2H3,(H,14,19)(H,17,18). The Kier molecular flexibility index (Phi) is 3.97. The molecule has 1 amide bonds. The monoisotopic (exact) mass is 277 g/mol. The number of nitrogens with one attached hydrogen (secondary N) is 1. The van der Waals surface area contributed by atoms with E-state index in [1.165, 1.54) is 6.20 Å². The Balaban J connectivity index is 2.03. The molecular weight excluding hydrogens is 262 g/mol. The molecule has 0 saturated carbocycles. The lowest BCUT2D eigenvalue weighted by Gasteiger charge is -2.10. The number of aryl methyl sites for hydroxylation is 1. The smallest absolute Gasteiger partial charge is 0.303 e. The van der Waals surface area contributed by atoms with Gasteiger partial charge < -0.3 is 14.9 Å². The van der Waals surface area contributed by atoms with Crippen LogP contribution >= 0.6 is 0 Å². The predicted molar refractivity (Wildman–Crippen MR) is 70.3 cm³/mol. The average molecular weight is 277 g/mol. The zero-order valence-corrected chi connectivity index (χ0v) is 11.2. The van der Waals surface area contributed by atoms with Crippen molar-refractivity contribution < 1.29 is 19.2 Å². The SMILES string of the molecule is Cc1noc2ncc(C(=O)NCC(C)CC(=O)O)cc12. The minimum absolute atomic E-state index is 0.0162. The van der Waals surface area contributed by atoms with Gasteiger partial charge in [0.05, 0.1) is 16.6 Å². The summed E-state index contributed by atoms with van der Waals surface area (Å²) in [6.07, 6.45) is 1.42. The van der Waals surface area contributed by atoms with Crippen molar-refractivity contribution in [3.63, 3.8) is 0 Å². The van der Waals surface area contributed by atoms with Crippen molar-refractivity contribution in [1.82, 2.24) is 15.5 Å². The van der Waals surface area contributed by atoms with Gasteiger partial charge in [-0.15, -0.1) is 0 Å². The van der Waals surface area contributed by atoms with Gasteiger partial charge in [-0.05, 0) is 18.9 Å². The van der Waals surface area contributed by atoms with E-state index in [1.54, 1.807) is 19.9 Å². The van der Waals surface area contributed by atoms with Gasteiger partial charge in [0.1, 0.15) is 0 Å². The van der Waals surface area contributed by atoms with E-state index in [-0.39, 0.29) is 18.2 Å². The predicted octanol–water partition coefficient (Wildman–Crippen LogP) is 1.37. The maximum Gasteiger partial charge on any atom is 0.303 e. The molecular formula is C13H15N3O4. The number of aliphatic carboxylic acids is 1. The van der Waals surface area contributed by atoms with Crippen molar-refractivity contribution in [3.8, 4) is 0 Å². The summed E-state index contributed by atoms with van der Waals surface area (Å²) in [4.78, 5) is 26.5. The molecule has 2 heterocycles. The minimum atomic E-state index is -0.880. The Morgan fingerprint density at radius 3 is 2.95 bits per heavy atom. The van der Waals surface area contributed by atoms with E-state index in [1.807, 2.05) is 0 Å². The molecule has 2 aromatic heterocycles. The number of carboxylic acids is 1. The zero-order chi connectivity index (χ0) is 14.7. The van der Waals surface area contributed by atoms with Crippen LogP contribution in [0.3, 0.4) is 0 Å². The molecule has 2 aromatic rings. The highest BCUT2D eigenvalue weighted by molar-refractivity contribution is 5.96. The second-order valence-electron chi connectivity index (χ2n) is 4.76. The topological polar surface area (TPSA) is 105 Å². The average Bonchev–Trinajstić information content (AvgIpc) is 2.76. The lowest BCUT2D eigenvalue weighted by Crippen LogP contribution is -2.29. The van der Waals surface area contributed by atoms with Gasteiger partial charge in [0, 0.05) is 19.2 Å². The largest absolute Gasteiger partial charge is 0.481 e. The first-order chi connectivity index (χ1) is 9.47. The summed E-state index contributed by atoms with van der Waals surface area (Å²) >= 11 is 0. The number of amides is 1. The van der Waals surface area contributed by atoms with Crippen molar-refractivity contribution >= 4 is 23.0 Å². The fraction of sp³-hybridized carbons (Fsp3) is 0.385. The van der Waals surface area contributed by atoms with Crippen LogP contribution in [0, 0.1) is 12.8 Å². The highest BCUT2D eigenvalue weighted by Gasteiger charge is 2.13. The van der Waals surface area contributed by atoms with Crippen molar-refractivity contribution in [1.29, 1.82) is 0 Å². The fourth-order valence-electron chi connectivity index (χ4n) is 1.81. The van der Waals surface area contributed by atoms with Crippen LogP contribution in [0.15, 0.2) is 16.8 Å². The minimum Gasteiger partial charge on any atom is -0.481 e. The molecule has 0 radical (unpaired) electrons. The Morgan fingerprint density at radius 2 is 2.25 bits per heavy atom. The van der Waals surface area contributed by atoms with Gasteiger partial charge in [0.15, 0.2) is 0 Å². The molecule has 0 aromatic carbocycles. The number of aromatic nitrogens is 2. The molecule has 1 unspecified atom stereocenters. The van der Waals surface area contributed by atoms with Gasteiger partial charge in [0.25, 0.3) is 11.6 Å². The van der Waals surface area contributed by atoms with Crippen LogP contribution < -0.4 is 5.32 Å². The summed E-state index contributed by atoms with van der Waals surface area (Å²) in [5, 5.41) is 15.8. The van der Waals surface area contributed by atoms with Crippen LogP contribution in [0.4, 0.5) is 0 Å². The second-order valence-corrected chi connectivity index (χ2v) is 4.76. The summed E-state index contributed by atoms with van der Waals surface area (Å²) in [7, 11) is 0. The van der Waals surface area contributed by atoms with E-state index in [9.17, 15) is 9.59 Å². The van der Waals surface area contributed by atoms with E-state index in [2.05, 4.69) is 15.5 Å². The highest BCUT2D eigenvalue weighted by atomic mass is 16.5. The lowest BCUT2D eigenvalue weighted by atomic mass is 10.1. The summed E-state index contributed by atoms with van der Waals surface area (Å²) in [6, 6.07) is 1.66. The fourth-order valence-corrected chi connectivity index (χ4v) is 1.81. The summed E-state index contributed by atoms with van der Waals surface area (Å²) in [5.41, 5.74) is 1.45. The third-order valence-corrected chi connectivity index (χ3v) is 2.91. The molecule has 0 spiro atoms. The van der Waals surface area contributed by atoms with Gasteiger partial charge in [-0.2, -0.15) is 0 Å². The van der Waals surface area contributed by atoms with E-state index in [0.717, 1.165) is 0 Å². The summed E-state index contributed by atoms with van der Waals surface area (Å²) < 4.78 is 4.97. The lowest BCUT2D eigenvalue weighted by molar-refractivity contribution is -0.137. The van der Waals surface area contributed by atoms with Crippen molar-refractivity contribution in [3.05, 3.63) is 23.5 Å². The Morgan fingerprint density at radius 1 is 1.50 bits per heavy atom. The number of fused-ring (bicyclic) bond motifs is 1. The number of hydrogen-bond acceptors (Lipinski definition) is 5. The molecule has 20 heavy (non-hydrogen) atoms. The first kappa shape index (κ1) is 14.0. The molecule has 2 rings (SSSR count). The number of carbonyl (C=O) groups is 2. The quantitative estimate of drug-likeness (QED) is 0.855. The number of carbonyl (C=O) groups excluding carboxylic acids is 1. The normalized spacial score (nSPS) is 12.3. The van der Waals surface area contributed by atoms with Gasteiger partial charge in [-0.1, -0.05) is 12.1 Å². The van der Waals surface area contributed by atoms with E-state index in [4.69, 9.17) is 9.63 Å². The van der Waals surface area contributed by atoms with Gasteiger partial charge in [0.2, 0.25) is 0 Å². The second kappa shape index (κ2) is 5.68. The van der Waals surface area contributed by atoms with Crippen LogP contribution in [0.25, 0.3) is 11.1 Å². The van der Waals surface area contributed by atoms with Crippen molar-refractivity contribution in [2.75, 3.05) is 6.54 Å². The molecule has 0 fully saturated rings. The Labute approximate surface area is 115 Å². The van der Waals surface area contributed by atoms with E-state index in [0.29, 0.717) is 28.9 Å². The first-order valence-corrected chi connectivity index (χ1v) is 6.19. The number of hydrogen-bond donors (Lipinski definition) is 2. The van der Waals surface area contributed by atoms with Gasteiger partial charge >= 0.3 is 5.97 Å². The van der Waals surface area contributed by atoms with Crippen LogP contribution in [0.2, 0.25) is 0 Å². The van der Waals surface area contributed by atoms with Crippen molar-refractivity contribution in [2.45, 2.75) is 20.3 Å². The number of pyridine rings is 1. The third kappa shape index (κ3) is 3.11. The van der Waals surface area contributed by atoms with Crippen LogP contribution in [0.5, 0.6) is 0 Å². The maximum absolute atomic E-state index is 12.0.